The molecule has 0 aliphatic heterocycles. The number of nitrogens with one attached hydrogen (secondary N) is 2. The van der Waals surface area contributed by atoms with Crippen LogP contribution < -0.4 is 10.6 Å². The molecule has 1 unspecified atom stereocenters. The summed E-state index contributed by atoms with van der Waals surface area (Å²) in [5.41, 5.74) is 1.82. The second-order valence-corrected chi connectivity index (χ2v) is 6.30. The van der Waals surface area contributed by atoms with Crippen LogP contribution in [0.1, 0.15) is 47.5 Å². The molecule has 0 spiro atoms. The quantitative estimate of drug-likeness (QED) is 0.510. The zero-order chi connectivity index (χ0) is 15.4. The van der Waals surface area contributed by atoms with Crippen LogP contribution in [0.15, 0.2) is 4.99 Å². The maximum Gasteiger partial charge on any atom is 0.286 e. The fraction of sp³-hybridized carbons (Fsp3) is 0.533. The van der Waals surface area contributed by atoms with E-state index in [2.05, 4.69) is 15.6 Å². The van der Waals surface area contributed by atoms with E-state index in [1.54, 1.807) is 18.4 Å². The fourth-order valence-electron chi connectivity index (χ4n) is 2.36. The first-order valence-electron chi connectivity index (χ1n) is 7.25. The van der Waals surface area contributed by atoms with Gasteiger partial charge in [-0.05, 0) is 38.2 Å². The Balaban J connectivity index is 2.16. The number of carbonyl (C=O) groups is 2. The Labute approximate surface area is 128 Å². The number of aliphatic imine (C=N–C) groups is 1. The lowest BCUT2D eigenvalue weighted by atomic mass is 10.1. The lowest BCUT2D eigenvalue weighted by Gasteiger charge is -2.13. The standard InChI is InChI=1S/C15H21N3O2S/c1-4-9(2)17-14(20)13(16-3)18-15-11(8-19)10-6-5-7-12(10)21-15/h8-9H,4-7H2,1-3H3,(H,16,18)(H,17,20). The van der Waals surface area contributed by atoms with Gasteiger partial charge in [-0.1, -0.05) is 6.92 Å². The first-order valence-corrected chi connectivity index (χ1v) is 8.06. The van der Waals surface area contributed by atoms with Crippen molar-refractivity contribution in [3.8, 4) is 0 Å². The molecule has 1 amide bonds. The maximum absolute atomic E-state index is 12.1. The van der Waals surface area contributed by atoms with Gasteiger partial charge in [0.15, 0.2) is 12.1 Å². The highest BCUT2D eigenvalue weighted by Crippen LogP contribution is 2.38. The average Bonchev–Trinajstić information content (AvgIpc) is 3.04. The van der Waals surface area contributed by atoms with Gasteiger partial charge < -0.3 is 10.6 Å². The SMILES string of the molecule is CCC(C)NC(=O)C(=NC)Nc1sc2c(c1C=O)CCC2. The molecule has 2 rings (SSSR count). The molecule has 0 saturated carbocycles. The Kier molecular flexibility index (Phi) is 5.12. The van der Waals surface area contributed by atoms with E-state index in [9.17, 15) is 9.59 Å². The predicted molar refractivity (Wildman–Crippen MR) is 86.6 cm³/mol. The van der Waals surface area contributed by atoms with E-state index in [0.717, 1.165) is 42.5 Å². The number of aldehydes is 1. The van der Waals surface area contributed by atoms with Gasteiger partial charge in [0.2, 0.25) is 0 Å². The topological polar surface area (TPSA) is 70.6 Å². The summed E-state index contributed by atoms with van der Waals surface area (Å²) in [5.74, 6) is 0.00980. The van der Waals surface area contributed by atoms with Crippen LogP contribution >= 0.6 is 11.3 Å². The number of thiophene rings is 1. The number of anilines is 1. The van der Waals surface area contributed by atoms with Crippen molar-refractivity contribution in [1.29, 1.82) is 0 Å². The number of amidine groups is 1. The number of nitrogens with zero attached hydrogens (tertiary/aromatic N) is 1. The average molecular weight is 307 g/mol. The van der Waals surface area contributed by atoms with Crippen LogP contribution in [0, 0.1) is 0 Å². The van der Waals surface area contributed by atoms with Crippen LogP contribution in [-0.4, -0.2) is 31.1 Å². The van der Waals surface area contributed by atoms with Crippen molar-refractivity contribution >= 4 is 34.4 Å². The highest BCUT2D eigenvalue weighted by molar-refractivity contribution is 7.17. The van der Waals surface area contributed by atoms with E-state index in [1.807, 2.05) is 13.8 Å². The molecule has 0 aromatic carbocycles. The van der Waals surface area contributed by atoms with E-state index in [4.69, 9.17) is 0 Å². The Morgan fingerprint density at radius 2 is 2.24 bits per heavy atom. The molecule has 0 bridgehead atoms. The molecule has 2 N–H and O–H groups in total. The molecule has 1 aliphatic carbocycles. The van der Waals surface area contributed by atoms with Gasteiger partial charge in [-0.2, -0.15) is 0 Å². The first-order chi connectivity index (χ1) is 10.1. The number of carbonyl (C=O) groups excluding carboxylic acids is 2. The molecular formula is C15H21N3O2S. The molecule has 114 valence electrons. The third kappa shape index (κ3) is 3.32. The smallest absolute Gasteiger partial charge is 0.286 e. The summed E-state index contributed by atoms with van der Waals surface area (Å²) in [5, 5.41) is 6.63. The third-order valence-electron chi connectivity index (χ3n) is 3.74. The summed E-state index contributed by atoms with van der Waals surface area (Å²) in [4.78, 5) is 28.7. The number of amides is 1. The zero-order valence-corrected chi connectivity index (χ0v) is 13.5. The van der Waals surface area contributed by atoms with Crippen LogP contribution in [0.2, 0.25) is 0 Å². The fourth-order valence-corrected chi connectivity index (χ4v) is 3.62. The van der Waals surface area contributed by atoms with Gasteiger partial charge >= 0.3 is 0 Å². The molecule has 0 radical (unpaired) electrons. The van der Waals surface area contributed by atoms with Crippen molar-refractivity contribution < 1.29 is 9.59 Å². The van der Waals surface area contributed by atoms with Gasteiger partial charge in [0.1, 0.15) is 5.00 Å². The van der Waals surface area contributed by atoms with Gasteiger partial charge in [-0.3, -0.25) is 14.6 Å². The van der Waals surface area contributed by atoms with Crippen LogP contribution in [0.3, 0.4) is 0 Å². The van der Waals surface area contributed by atoms with Gasteiger partial charge in [0.05, 0.1) is 5.56 Å². The summed E-state index contributed by atoms with van der Waals surface area (Å²) in [6.45, 7) is 3.96. The Bertz CT molecular complexity index is 578. The number of aryl methyl sites for hydroxylation is 1. The molecule has 6 heteroatoms. The van der Waals surface area contributed by atoms with E-state index >= 15 is 0 Å². The van der Waals surface area contributed by atoms with Gasteiger partial charge in [0, 0.05) is 18.0 Å². The summed E-state index contributed by atoms with van der Waals surface area (Å²) < 4.78 is 0. The van der Waals surface area contributed by atoms with E-state index in [0.29, 0.717) is 5.56 Å². The minimum Gasteiger partial charge on any atom is -0.347 e. The molecular weight excluding hydrogens is 286 g/mol. The third-order valence-corrected chi connectivity index (χ3v) is 4.96. The zero-order valence-electron chi connectivity index (χ0n) is 12.7. The minimum atomic E-state index is -0.239. The molecule has 1 aliphatic rings. The molecule has 0 fully saturated rings. The Morgan fingerprint density at radius 1 is 1.48 bits per heavy atom. The Hall–Kier alpha value is -1.69. The van der Waals surface area contributed by atoms with Crippen molar-refractivity contribution in [1.82, 2.24) is 5.32 Å². The highest BCUT2D eigenvalue weighted by atomic mass is 32.1. The molecule has 21 heavy (non-hydrogen) atoms. The van der Waals surface area contributed by atoms with Crippen molar-refractivity contribution in [2.24, 2.45) is 4.99 Å². The second-order valence-electron chi connectivity index (χ2n) is 5.20. The van der Waals surface area contributed by atoms with Gasteiger partial charge in [-0.25, -0.2) is 0 Å². The van der Waals surface area contributed by atoms with Crippen molar-refractivity contribution in [3.63, 3.8) is 0 Å². The predicted octanol–water partition coefficient (Wildman–Crippen LogP) is 2.40. The van der Waals surface area contributed by atoms with E-state index in [-0.39, 0.29) is 17.8 Å². The number of fused-ring (bicyclic) bond motifs is 1. The first kappa shape index (κ1) is 15.7. The monoisotopic (exact) mass is 307 g/mol. The van der Waals surface area contributed by atoms with Crippen molar-refractivity contribution in [2.45, 2.75) is 45.6 Å². The molecule has 1 atom stereocenters. The van der Waals surface area contributed by atoms with Gasteiger partial charge in [0.25, 0.3) is 5.91 Å². The van der Waals surface area contributed by atoms with Gasteiger partial charge in [-0.15, -0.1) is 11.3 Å². The number of rotatable bonds is 4. The maximum atomic E-state index is 12.1. The van der Waals surface area contributed by atoms with Crippen LogP contribution in [0.4, 0.5) is 5.00 Å². The Morgan fingerprint density at radius 3 is 2.86 bits per heavy atom. The van der Waals surface area contributed by atoms with E-state index < -0.39 is 0 Å². The van der Waals surface area contributed by atoms with Crippen LogP contribution in [-0.2, 0) is 17.6 Å². The molecule has 0 saturated heterocycles. The molecule has 1 aromatic rings. The van der Waals surface area contributed by atoms with E-state index in [1.165, 1.54) is 4.88 Å². The summed E-state index contributed by atoms with van der Waals surface area (Å²) in [7, 11) is 1.57. The normalized spacial score (nSPS) is 15.5. The number of hydrogen-bond donors (Lipinski definition) is 2. The largest absolute Gasteiger partial charge is 0.347 e. The van der Waals surface area contributed by atoms with Crippen molar-refractivity contribution in [2.75, 3.05) is 12.4 Å². The summed E-state index contributed by atoms with van der Waals surface area (Å²) >= 11 is 1.56. The molecule has 5 nitrogen and oxygen atoms in total. The number of hydrogen-bond acceptors (Lipinski definition) is 4. The second kappa shape index (κ2) is 6.85. The summed E-state index contributed by atoms with van der Waals surface area (Å²) in [6.07, 6.45) is 4.80. The minimum absolute atomic E-state index is 0.0925. The van der Waals surface area contributed by atoms with Crippen LogP contribution in [0.25, 0.3) is 0 Å². The molecule has 1 heterocycles. The van der Waals surface area contributed by atoms with Crippen LogP contribution in [0.5, 0.6) is 0 Å². The lowest BCUT2D eigenvalue weighted by Crippen LogP contribution is -2.40. The lowest BCUT2D eigenvalue weighted by molar-refractivity contribution is -0.115. The van der Waals surface area contributed by atoms with Crippen molar-refractivity contribution in [3.05, 3.63) is 16.0 Å². The summed E-state index contributed by atoms with van der Waals surface area (Å²) in [6, 6.07) is 0.0925. The molecule has 1 aromatic heterocycles. The highest BCUT2D eigenvalue weighted by Gasteiger charge is 2.23.